The van der Waals surface area contributed by atoms with E-state index < -0.39 is 0 Å². The highest BCUT2D eigenvalue weighted by Crippen LogP contribution is 2.03. The molecule has 0 spiro atoms. The second-order valence-electron chi connectivity index (χ2n) is 2.45. The van der Waals surface area contributed by atoms with Crippen LogP contribution in [0.1, 0.15) is 5.56 Å². The summed E-state index contributed by atoms with van der Waals surface area (Å²) in [5.41, 5.74) is 1.05. The molecular formula is C8H10BrN3. The second kappa shape index (κ2) is 4.21. The molecule has 1 aromatic rings. The first-order chi connectivity index (χ1) is 5.68. The van der Waals surface area contributed by atoms with Crippen LogP contribution in [0.4, 0.5) is 5.95 Å². The maximum Gasteiger partial charge on any atom is 0.222 e. The molecule has 64 valence electrons. The Morgan fingerprint density at radius 1 is 1.58 bits per heavy atom. The van der Waals surface area contributed by atoms with Crippen LogP contribution in [-0.4, -0.2) is 16.5 Å². The summed E-state index contributed by atoms with van der Waals surface area (Å²) in [5.74, 6) is 0.626. The van der Waals surface area contributed by atoms with Crippen LogP contribution in [0, 0.1) is 6.92 Å². The standard InChI is InChI=1S/C8H10BrN3/c1-6-3-10-8(11-4-6)12-5-7(2)9/h3-4H,2,5H2,1H3,(H,10,11,12). The van der Waals surface area contributed by atoms with Crippen molar-refractivity contribution in [2.45, 2.75) is 6.92 Å². The molecule has 12 heavy (non-hydrogen) atoms. The smallest absolute Gasteiger partial charge is 0.222 e. The van der Waals surface area contributed by atoms with Crippen LogP contribution >= 0.6 is 15.9 Å². The van der Waals surface area contributed by atoms with E-state index in [4.69, 9.17) is 0 Å². The van der Waals surface area contributed by atoms with Crippen molar-refractivity contribution in [3.05, 3.63) is 29.0 Å². The van der Waals surface area contributed by atoms with E-state index >= 15 is 0 Å². The molecule has 0 aliphatic carbocycles. The number of nitrogens with zero attached hydrogens (tertiary/aromatic N) is 2. The minimum absolute atomic E-state index is 0.626. The highest BCUT2D eigenvalue weighted by molar-refractivity contribution is 9.11. The number of hydrogen-bond acceptors (Lipinski definition) is 3. The van der Waals surface area contributed by atoms with Gasteiger partial charge in [0.25, 0.3) is 0 Å². The molecule has 1 aromatic heterocycles. The predicted octanol–water partition coefficient (Wildman–Crippen LogP) is 2.11. The van der Waals surface area contributed by atoms with E-state index in [1.54, 1.807) is 12.4 Å². The van der Waals surface area contributed by atoms with Crippen LogP contribution in [0.5, 0.6) is 0 Å². The molecule has 4 heteroatoms. The van der Waals surface area contributed by atoms with Gasteiger partial charge in [0.1, 0.15) is 0 Å². The number of nitrogens with one attached hydrogen (secondary N) is 1. The van der Waals surface area contributed by atoms with Crippen molar-refractivity contribution in [1.82, 2.24) is 9.97 Å². The quantitative estimate of drug-likeness (QED) is 0.860. The van der Waals surface area contributed by atoms with Gasteiger partial charge in [0.05, 0.1) is 0 Å². The third-order valence-corrected chi connectivity index (χ3v) is 1.50. The van der Waals surface area contributed by atoms with E-state index in [1.807, 2.05) is 6.92 Å². The Morgan fingerprint density at radius 2 is 2.17 bits per heavy atom. The third-order valence-electron chi connectivity index (χ3n) is 1.22. The maximum absolute atomic E-state index is 4.07. The van der Waals surface area contributed by atoms with Crippen molar-refractivity contribution in [1.29, 1.82) is 0 Å². The fraction of sp³-hybridized carbons (Fsp3) is 0.250. The first kappa shape index (κ1) is 9.19. The Bertz CT molecular complexity index is 268. The third kappa shape index (κ3) is 3.00. The minimum atomic E-state index is 0.626. The molecule has 0 aliphatic rings. The zero-order valence-corrected chi connectivity index (χ0v) is 8.43. The Labute approximate surface area is 80.1 Å². The second-order valence-corrected chi connectivity index (χ2v) is 3.58. The largest absolute Gasteiger partial charge is 0.350 e. The average molecular weight is 228 g/mol. The van der Waals surface area contributed by atoms with Crippen LogP contribution in [0.2, 0.25) is 0 Å². The van der Waals surface area contributed by atoms with Gasteiger partial charge in [0.15, 0.2) is 0 Å². The van der Waals surface area contributed by atoms with E-state index in [1.165, 1.54) is 0 Å². The van der Waals surface area contributed by atoms with Gasteiger partial charge in [-0.1, -0.05) is 22.5 Å². The van der Waals surface area contributed by atoms with Crippen molar-refractivity contribution in [2.75, 3.05) is 11.9 Å². The molecule has 1 N–H and O–H groups in total. The Hall–Kier alpha value is -0.900. The van der Waals surface area contributed by atoms with Gasteiger partial charge in [-0.2, -0.15) is 0 Å². The molecule has 0 bridgehead atoms. The lowest BCUT2D eigenvalue weighted by atomic mass is 10.4. The molecule has 0 saturated carbocycles. The molecule has 0 aliphatic heterocycles. The Kier molecular flexibility index (Phi) is 3.22. The van der Waals surface area contributed by atoms with Crippen molar-refractivity contribution < 1.29 is 0 Å². The van der Waals surface area contributed by atoms with Crippen molar-refractivity contribution >= 4 is 21.9 Å². The molecule has 1 heterocycles. The summed E-state index contributed by atoms with van der Waals surface area (Å²) in [6.45, 7) is 6.28. The first-order valence-corrected chi connectivity index (χ1v) is 4.33. The summed E-state index contributed by atoms with van der Waals surface area (Å²) < 4.78 is 0.881. The van der Waals surface area contributed by atoms with Crippen LogP contribution < -0.4 is 5.32 Å². The number of hydrogen-bond donors (Lipinski definition) is 1. The van der Waals surface area contributed by atoms with E-state index in [9.17, 15) is 0 Å². The van der Waals surface area contributed by atoms with Gasteiger partial charge >= 0.3 is 0 Å². The zero-order valence-electron chi connectivity index (χ0n) is 6.84. The Balaban J connectivity index is 2.53. The van der Waals surface area contributed by atoms with Crippen LogP contribution in [0.15, 0.2) is 23.5 Å². The minimum Gasteiger partial charge on any atom is -0.350 e. The number of aromatic nitrogens is 2. The summed E-state index contributed by atoms with van der Waals surface area (Å²) in [6, 6.07) is 0. The van der Waals surface area contributed by atoms with Crippen LogP contribution in [0.3, 0.4) is 0 Å². The van der Waals surface area contributed by atoms with E-state index in [0.29, 0.717) is 12.5 Å². The number of anilines is 1. The summed E-state index contributed by atoms with van der Waals surface area (Å²) in [4.78, 5) is 8.13. The average Bonchev–Trinajstić information content (AvgIpc) is 2.03. The lowest BCUT2D eigenvalue weighted by Gasteiger charge is -2.01. The van der Waals surface area contributed by atoms with E-state index in [0.717, 1.165) is 10.0 Å². The zero-order chi connectivity index (χ0) is 8.97. The first-order valence-electron chi connectivity index (χ1n) is 3.54. The monoisotopic (exact) mass is 227 g/mol. The molecule has 3 nitrogen and oxygen atoms in total. The Morgan fingerprint density at radius 3 is 2.67 bits per heavy atom. The molecular weight excluding hydrogens is 218 g/mol. The van der Waals surface area contributed by atoms with Crippen LogP contribution in [0.25, 0.3) is 0 Å². The van der Waals surface area contributed by atoms with Crippen molar-refractivity contribution in [3.63, 3.8) is 0 Å². The maximum atomic E-state index is 4.07. The van der Waals surface area contributed by atoms with Gasteiger partial charge in [0, 0.05) is 23.4 Å². The normalized spacial score (nSPS) is 9.50. The van der Waals surface area contributed by atoms with E-state index in [2.05, 4.69) is 37.8 Å². The summed E-state index contributed by atoms with van der Waals surface area (Å²) in [5, 5.41) is 3.00. The molecule has 1 rings (SSSR count). The van der Waals surface area contributed by atoms with Gasteiger partial charge in [-0.05, 0) is 12.5 Å². The lowest BCUT2D eigenvalue weighted by Crippen LogP contribution is -2.04. The molecule has 0 fully saturated rings. The number of rotatable bonds is 3. The van der Waals surface area contributed by atoms with Crippen LogP contribution in [-0.2, 0) is 0 Å². The topological polar surface area (TPSA) is 37.8 Å². The molecule has 0 amide bonds. The molecule has 0 unspecified atom stereocenters. The predicted molar refractivity (Wildman–Crippen MR) is 53.3 cm³/mol. The molecule has 0 radical (unpaired) electrons. The van der Waals surface area contributed by atoms with Gasteiger partial charge in [-0.3, -0.25) is 0 Å². The SMILES string of the molecule is C=C(Br)CNc1ncc(C)cn1. The van der Waals surface area contributed by atoms with Gasteiger partial charge in [-0.15, -0.1) is 0 Å². The molecule has 0 aromatic carbocycles. The van der Waals surface area contributed by atoms with Gasteiger partial charge in [-0.25, -0.2) is 9.97 Å². The number of aryl methyl sites for hydroxylation is 1. The van der Waals surface area contributed by atoms with Crippen molar-refractivity contribution in [3.8, 4) is 0 Å². The fourth-order valence-electron chi connectivity index (χ4n) is 0.659. The molecule has 0 atom stereocenters. The highest BCUT2D eigenvalue weighted by Gasteiger charge is 1.93. The lowest BCUT2D eigenvalue weighted by molar-refractivity contribution is 1.09. The highest BCUT2D eigenvalue weighted by atomic mass is 79.9. The van der Waals surface area contributed by atoms with Crippen molar-refractivity contribution in [2.24, 2.45) is 0 Å². The van der Waals surface area contributed by atoms with Gasteiger partial charge in [0.2, 0.25) is 5.95 Å². The molecule has 0 saturated heterocycles. The number of halogens is 1. The van der Waals surface area contributed by atoms with E-state index in [-0.39, 0.29) is 0 Å². The van der Waals surface area contributed by atoms with Gasteiger partial charge < -0.3 is 5.32 Å². The summed E-state index contributed by atoms with van der Waals surface area (Å²) >= 11 is 3.23. The fourth-order valence-corrected chi connectivity index (χ4v) is 0.799. The summed E-state index contributed by atoms with van der Waals surface area (Å²) in [6.07, 6.45) is 3.54. The summed E-state index contributed by atoms with van der Waals surface area (Å²) in [7, 11) is 0.